The highest BCUT2D eigenvalue weighted by molar-refractivity contribution is 7.99. The Hall–Kier alpha value is -3.30. The fourth-order valence-electron chi connectivity index (χ4n) is 3.85. The maximum atomic E-state index is 13.6. The van der Waals surface area contributed by atoms with Crippen molar-refractivity contribution in [2.24, 2.45) is 0 Å². The van der Waals surface area contributed by atoms with Gasteiger partial charge in [0.05, 0.1) is 27.2 Å². The Morgan fingerprint density at radius 3 is 2.56 bits per heavy atom. The van der Waals surface area contributed by atoms with Gasteiger partial charge >= 0.3 is 5.69 Å². The third-order valence-electron chi connectivity index (χ3n) is 5.37. The predicted octanol–water partition coefficient (Wildman–Crippen LogP) is 3.37. The molecule has 9 heteroatoms. The van der Waals surface area contributed by atoms with Crippen LogP contribution < -0.4 is 15.6 Å². The van der Waals surface area contributed by atoms with Gasteiger partial charge in [-0.05, 0) is 54.6 Å². The average Bonchev–Trinajstić information content (AvgIpc) is 3.02. The first-order valence-corrected chi connectivity index (χ1v) is 12.5. The van der Waals surface area contributed by atoms with Crippen LogP contribution in [0.3, 0.4) is 0 Å². The quantitative estimate of drug-likeness (QED) is 0.501. The summed E-state index contributed by atoms with van der Waals surface area (Å²) in [5.74, 6) is 0.824. The van der Waals surface area contributed by atoms with Crippen molar-refractivity contribution in [3.63, 3.8) is 0 Å². The van der Waals surface area contributed by atoms with Crippen LogP contribution in [0.5, 0.6) is 0 Å². The minimum atomic E-state index is -3.91. The highest BCUT2D eigenvalue weighted by Crippen LogP contribution is 2.36. The molecule has 1 aromatic heterocycles. The number of fused-ring (bicyclic) bond motifs is 2. The standard InChI is InChI=1S/C23H19N3O4S2/c27-22-18-9-1-2-10-19(18)24-23(28)26(22)16-7-5-8-17(15-16)32(29,30)25-13-6-14-31-21-12-4-3-11-20(21)25/h1-5,7-12,15H,6,13-14H2,(H,24,28). The topological polar surface area (TPSA) is 92.2 Å². The number of nitrogens with one attached hydrogen (secondary N) is 1. The lowest BCUT2D eigenvalue weighted by Gasteiger charge is -2.24. The molecule has 1 aliphatic rings. The second-order valence-electron chi connectivity index (χ2n) is 7.36. The molecule has 0 spiro atoms. The lowest BCUT2D eigenvalue weighted by molar-refractivity contribution is 0.590. The Morgan fingerprint density at radius 2 is 1.69 bits per heavy atom. The summed E-state index contributed by atoms with van der Waals surface area (Å²) in [5.41, 5.74) is 0.137. The third-order valence-corrected chi connectivity index (χ3v) is 8.32. The molecular weight excluding hydrogens is 446 g/mol. The number of sulfonamides is 1. The molecule has 0 fully saturated rings. The second-order valence-corrected chi connectivity index (χ2v) is 10.4. The van der Waals surface area contributed by atoms with E-state index in [0.29, 0.717) is 29.6 Å². The molecule has 32 heavy (non-hydrogen) atoms. The van der Waals surface area contributed by atoms with E-state index in [1.165, 1.54) is 16.4 Å². The van der Waals surface area contributed by atoms with E-state index in [0.717, 1.165) is 15.2 Å². The van der Waals surface area contributed by atoms with Gasteiger partial charge in [-0.3, -0.25) is 9.10 Å². The van der Waals surface area contributed by atoms with Crippen LogP contribution in [-0.4, -0.2) is 30.3 Å². The summed E-state index contributed by atoms with van der Waals surface area (Å²) >= 11 is 1.63. The minimum absolute atomic E-state index is 0.0242. The maximum absolute atomic E-state index is 13.6. The molecule has 0 unspecified atom stereocenters. The summed E-state index contributed by atoms with van der Waals surface area (Å²) in [6.07, 6.45) is 0.710. The minimum Gasteiger partial charge on any atom is -0.306 e. The molecule has 4 aromatic rings. The summed E-state index contributed by atoms with van der Waals surface area (Å²) in [5, 5.41) is 0.346. The number of anilines is 1. The van der Waals surface area contributed by atoms with Crippen LogP contribution in [0.4, 0.5) is 5.69 Å². The number of hydrogen-bond acceptors (Lipinski definition) is 5. The number of rotatable bonds is 3. The lowest BCUT2D eigenvalue weighted by Crippen LogP contribution is -2.34. The van der Waals surface area contributed by atoms with Gasteiger partial charge in [0, 0.05) is 11.4 Å². The number of hydrogen-bond donors (Lipinski definition) is 1. The second kappa shape index (κ2) is 7.99. The first-order valence-electron chi connectivity index (χ1n) is 10.1. The van der Waals surface area contributed by atoms with Crippen molar-refractivity contribution >= 4 is 38.4 Å². The van der Waals surface area contributed by atoms with E-state index in [1.807, 2.05) is 18.2 Å². The fourth-order valence-corrected chi connectivity index (χ4v) is 6.47. The number of benzene rings is 3. The van der Waals surface area contributed by atoms with Crippen LogP contribution in [0.2, 0.25) is 0 Å². The molecule has 1 N–H and O–H groups in total. The first-order chi connectivity index (χ1) is 15.5. The molecule has 7 nitrogen and oxygen atoms in total. The zero-order valence-corrected chi connectivity index (χ0v) is 18.5. The largest absolute Gasteiger partial charge is 0.333 e. The van der Waals surface area contributed by atoms with E-state index in [2.05, 4.69) is 4.98 Å². The monoisotopic (exact) mass is 465 g/mol. The number of H-pyrrole nitrogens is 1. The SMILES string of the molecule is O=c1[nH]c2ccccc2c(=O)n1-c1cccc(S(=O)(=O)N2CCCSc3ccccc32)c1. The van der Waals surface area contributed by atoms with E-state index in [4.69, 9.17) is 0 Å². The highest BCUT2D eigenvalue weighted by Gasteiger charge is 2.28. The molecule has 2 heterocycles. The Morgan fingerprint density at radius 1 is 0.906 bits per heavy atom. The van der Waals surface area contributed by atoms with Gasteiger partial charge in [0.1, 0.15) is 0 Å². The average molecular weight is 466 g/mol. The molecule has 0 saturated heterocycles. The van der Waals surface area contributed by atoms with Gasteiger partial charge in [-0.1, -0.05) is 30.3 Å². The molecule has 0 saturated carbocycles. The number of aromatic nitrogens is 2. The van der Waals surface area contributed by atoms with E-state index in [-0.39, 0.29) is 10.6 Å². The van der Waals surface area contributed by atoms with Crippen LogP contribution in [0.15, 0.2) is 92.2 Å². The van der Waals surface area contributed by atoms with Gasteiger partial charge in [-0.15, -0.1) is 11.8 Å². The zero-order chi connectivity index (χ0) is 22.3. The van der Waals surface area contributed by atoms with Crippen molar-refractivity contribution in [3.05, 3.63) is 93.6 Å². The summed E-state index contributed by atoms with van der Waals surface area (Å²) in [6.45, 7) is 0.354. The van der Waals surface area contributed by atoms with Crippen LogP contribution in [0, 0.1) is 0 Å². The highest BCUT2D eigenvalue weighted by atomic mass is 32.2. The molecule has 5 rings (SSSR count). The Bertz CT molecular complexity index is 1560. The number of nitrogens with zero attached hydrogens (tertiary/aromatic N) is 2. The summed E-state index contributed by atoms with van der Waals surface area (Å²) < 4.78 is 29.6. The van der Waals surface area contributed by atoms with E-state index < -0.39 is 21.3 Å². The molecule has 0 atom stereocenters. The van der Waals surface area contributed by atoms with E-state index in [9.17, 15) is 18.0 Å². The van der Waals surface area contributed by atoms with E-state index in [1.54, 1.807) is 54.2 Å². The van der Waals surface area contributed by atoms with Gasteiger partial charge in [0.15, 0.2) is 0 Å². The Labute approximate surface area is 188 Å². The fraction of sp³-hybridized carbons (Fsp3) is 0.130. The van der Waals surface area contributed by atoms with Gasteiger partial charge in [-0.25, -0.2) is 17.8 Å². The molecule has 0 bridgehead atoms. The van der Waals surface area contributed by atoms with Crippen molar-refractivity contribution in [1.29, 1.82) is 0 Å². The maximum Gasteiger partial charge on any atom is 0.333 e. The van der Waals surface area contributed by atoms with Gasteiger partial charge in [0.2, 0.25) is 0 Å². The van der Waals surface area contributed by atoms with Crippen LogP contribution >= 0.6 is 11.8 Å². The third kappa shape index (κ3) is 3.43. The molecule has 162 valence electrons. The molecule has 0 aliphatic carbocycles. The van der Waals surface area contributed by atoms with Crippen LogP contribution in [0.25, 0.3) is 16.6 Å². The van der Waals surface area contributed by atoms with Crippen molar-refractivity contribution < 1.29 is 8.42 Å². The summed E-state index contributed by atoms with van der Waals surface area (Å²) in [7, 11) is -3.91. The molecular formula is C23H19N3O4S2. The van der Waals surface area contributed by atoms with Crippen LogP contribution in [-0.2, 0) is 10.0 Å². The van der Waals surface area contributed by atoms with E-state index >= 15 is 0 Å². The first kappa shape index (κ1) is 20.6. The van der Waals surface area contributed by atoms with Crippen molar-refractivity contribution in [3.8, 4) is 5.69 Å². The zero-order valence-electron chi connectivity index (χ0n) is 16.9. The number of thioether (sulfide) groups is 1. The van der Waals surface area contributed by atoms with Crippen molar-refractivity contribution in [2.75, 3.05) is 16.6 Å². The number of para-hydroxylation sites is 2. The molecule has 0 radical (unpaired) electrons. The van der Waals surface area contributed by atoms with Gasteiger partial charge < -0.3 is 4.98 Å². The normalized spacial score (nSPS) is 14.2. The number of aromatic amines is 1. The van der Waals surface area contributed by atoms with Crippen LogP contribution in [0.1, 0.15) is 6.42 Å². The lowest BCUT2D eigenvalue weighted by atomic mass is 10.2. The Kier molecular flexibility index (Phi) is 5.15. The van der Waals surface area contributed by atoms with Crippen molar-refractivity contribution in [2.45, 2.75) is 16.2 Å². The smallest absolute Gasteiger partial charge is 0.306 e. The molecule has 0 amide bonds. The van der Waals surface area contributed by atoms with Gasteiger partial charge in [0.25, 0.3) is 15.6 Å². The summed E-state index contributed by atoms with van der Waals surface area (Å²) in [4.78, 5) is 29.3. The molecule has 3 aromatic carbocycles. The van der Waals surface area contributed by atoms with Gasteiger partial charge in [-0.2, -0.15) is 0 Å². The Balaban J connectivity index is 1.65. The summed E-state index contributed by atoms with van der Waals surface area (Å²) in [6, 6.07) is 20.1. The van der Waals surface area contributed by atoms with Crippen molar-refractivity contribution in [1.82, 2.24) is 9.55 Å². The predicted molar refractivity (Wildman–Crippen MR) is 126 cm³/mol. The molecule has 1 aliphatic heterocycles.